The van der Waals surface area contributed by atoms with Gasteiger partial charge in [0, 0.05) is 18.7 Å². The summed E-state index contributed by atoms with van der Waals surface area (Å²) >= 11 is 0. The van der Waals surface area contributed by atoms with E-state index >= 15 is 0 Å². The Labute approximate surface area is 162 Å². The molecule has 0 saturated carbocycles. The highest BCUT2D eigenvalue weighted by atomic mass is 16.6. The Morgan fingerprint density at radius 3 is 2.61 bits per heavy atom. The van der Waals surface area contributed by atoms with Gasteiger partial charge in [-0.2, -0.15) is 0 Å². The van der Waals surface area contributed by atoms with E-state index in [4.69, 9.17) is 4.74 Å². The first kappa shape index (κ1) is 19.3. The quantitative estimate of drug-likeness (QED) is 0.631. The number of hydrogen-bond acceptors (Lipinski definition) is 5. The van der Waals surface area contributed by atoms with Crippen LogP contribution in [0.25, 0.3) is 0 Å². The second kappa shape index (κ2) is 7.67. The zero-order valence-electron chi connectivity index (χ0n) is 15.9. The number of nitro groups is 1. The number of nitrogens with zero attached hydrogens (tertiary/aromatic N) is 2. The van der Waals surface area contributed by atoms with E-state index in [9.17, 15) is 19.7 Å². The lowest BCUT2D eigenvalue weighted by Gasteiger charge is -2.18. The van der Waals surface area contributed by atoms with Crippen molar-refractivity contribution in [3.63, 3.8) is 0 Å². The minimum Gasteiger partial charge on any atom is -0.496 e. The molecule has 8 nitrogen and oxygen atoms in total. The normalized spacial score (nSPS) is 16.2. The maximum absolute atomic E-state index is 12.6. The number of benzene rings is 2. The smallest absolute Gasteiger partial charge is 0.296 e. The van der Waals surface area contributed by atoms with Gasteiger partial charge in [-0.05, 0) is 49.2 Å². The van der Waals surface area contributed by atoms with Crippen LogP contribution in [0.2, 0.25) is 0 Å². The summed E-state index contributed by atoms with van der Waals surface area (Å²) in [4.78, 5) is 37.3. The summed E-state index contributed by atoms with van der Waals surface area (Å²) < 4.78 is 4.99. The van der Waals surface area contributed by atoms with Gasteiger partial charge < -0.3 is 15.0 Å². The maximum atomic E-state index is 12.6. The molecule has 1 aliphatic heterocycles. The average molecular weight is 383 g/mol. The molecule has 2 aromatic carbocycles. The summed E-state index contributed by atoms with van der Waals surface area (Å²) in [5.41, 5.74) is 2.75. The van der Waals surface area contributed by atoms with Crippen molar-refractivity contribution in [3.05, 3.63) is 57.6 Å². The van der Waals surface area contributed by atoms with E-state index in [1.54, 1.807) is 4.90 Å². The molecule has 0 unspecified atom stereocenters. The summed E-state index contributed by atoms with van der Waals surface area (Å²) in [6.45, 7) is 4.19. The van der Waals surface area contributed by atoms with Crippen molar-refractivity contribution in [1.29, 1.82) is 0 Å². The highest BCUT2D eigenvalue weighted by Crippen LogP contribution is 2.31. The van der Waals surface area contributed by atoms with Crippen molar-refractivity contribution in [3.8, 4) is 5.75 Å². The Kier molecular flexibility index (Phi) is 5.30. The Morgan fingerprint density at radius 2 is 1.96 bits per heavy atom. The second-order valence-corrected chi connectivity index (χ2v) is 6.80. The van der Waals surface area contributed by atoms with Gasteiger partial charge in [0.05, 0.1) is 24.0 Å². The molecule has 1 fully saturated rings. The van der Waals surface area contributed by atoms with Crippen molar-refractivity contribution >= 4 is 28.9 Å². The predicted molar refractivity (Wildman–Crippen MR) is 105 cm³/mol. The molecule has 1 saturated heterocycles. The first-order valence-electron chi connectivity index (χ1n) is 8.81. The third-order valence-corrected chi connectivity index (χ3v) is 4.96. The number of aryl methyl sites for hydroxylation is 2. The van der Waals surface area contributed by atoms with Crippen LogP contribution in [-0.2, 0) is 9.59 Å². The number of rotatable bonds is 5. The number of carbonyl (C=O) groups is 2. The summed E-state index contributed by atoms with van der Waals surface area (Å²) in [6.07, 6.45) is 0.0582. The highest BCUT2D eigenvalue weighted by molar-refractivity contribution is 6.04. The van der Waals surface area contributed by atoms with E-state index < -0.39 is 16.7 Å². The van der Waals surface area contributed by atoms with E-state index in [1.165, 1.54) is 25.3 Å². The SMILES string of the molecule is COc1ccc(NC(=O)[C@H]2CC(=O)N(c3ccc(C)c(C)c3)C2)c([N+](=O)[O-])c1. The van der Waals surface area contributed by atoms with Crippen LogP contribution in [0.3, 0.4) is 0 Å². The van der Waals surface area contributed by atoms with Crippen molar-refractivity contribution in [2.45, 2.75) is 20.3 Å². The summed E-state index contributed by atoms with van der Waals surface area (Å²) in [5.74, 6) is -0.835. The molecule has 1 aliphatic rings. The molecule has 8 heteroatoms. The summed E-state index contributed by atoms with van der Waals surface area (Å²) in [6, 6.07) is 9.91. The van der Waals surface area contributed by atoms with E-state index in [0.717, 1.165) is 16.8 Å². The molecule has 0 aromatic heterocycles. The lowest BCUT2D eigenvalue weighted by atomic mass is 10.1. The van der Waals surface area contributed by atoms with E-state index in [1.807, 2.05) is 32.0 Å². The molecule has 0 spiro atoms. The molecule has 146 valence electrons. The minimum absolute atomic E-state index is 0.0582. The number of nitrogens with one attached hydrogen (secondary N) is 1. The fraction of sp³-hybridized carbons (Fsp3) is 0.300. The van der Waals surface area contributed by atoms with Gasteiger partial charge in [0.25, 0.3) is 5.69 Å². The zero-order valence-corrected chi connectivity index (χ0v) is 15.9. The maximum Gasteiger partial charge on any atom is 0.296 e. The number of anilines is 2. The monoisotopic (exact) mass is 383 g/mol. The van der Waals surface area contributed by atoms with Crippen molar-refractivity contribution in [2.75, 3.05) is 23.9 Å². The first-order chi connectivity index (χ1) is 13.3. The third kappa shape index (κ3) is 3.80. The van der Waals surface area contributed by atoms with Gasteiger partial charge in [-0.3, -0.25) is 19.7 Å². The van der Waals surface area contributed by atoms with E-state index in [2.05, 4.69) is 5.32 Å². The molecule has 2 amide bonds. The number of carbonyl (C=O) groups excluding carboxylic acids is 2. The Morgan fingerprint density at radius 1 is 1.21 bits per heavy atom. The van der Waals surface area contributed by atoms with Crippen LogP contribution in [0, 0.1) is 29.9 Å². The van der Waals surface area contributed by atoms with Gasteiger partial charge in [0.1, 0.15) is 11.4 Å². The highest BCUT2D eigenvalue weighted by Gasteiger charge is 2.36. The van der Waals surface area contributed by atoms with Gasteiger partial charge in [0.15, 0.2) is 0 Å². The number of nitro benzene ring substituents is 1. The molecule has 2 aromatic rings. The standard InChI is InChI=1S/C20H21N3O5/c1-12-4-5-15(8-13(12)2)22-11-14(9-19(22)24)20(25)21-17-7-6-16(28-3)10-18(17)23(26)27/h4-8,10,14H,9,11H2,1-3H3,(H,21,25)/t14-/m0/s1. The van der Waals surface area contributed by atoms with Crippen LogP contribution in [0.1, 0.15) is 17.5 Å². The van der Waals surface area contributed by atoms with Crippen LogP contribution in [-0.4, -0.2) is 30.4 Å². The van der Waals surface area contributed by atoms with Crippen LogP contribution in [0.15, 0.2) is 36.4 Å². The molecule has 3 rings (SSSR count). The average Bonchev–Trinajstić information content (AvgIpc) is 3.06. The fourth-order valence-electron chi connectivity index (χ4n) is 3.16. The number of amides is 2. The molecular formula is C20H21N3O5. The molecule has 1 heterocycles. The molecule has 0 radical (unpaired) electrons. The van der Waals surface area contributed by atoms with Crippen LogP contribution in [0.4, 0.5) is 17.1 Å². The van der Waals surface area contributed by atoms with Crippen LogP contribution < -0.4 is 15.0 Å². The Balaban J connectivity index is 1.76. The molecule has 1 atom stereocenters. The van der Waals surface area contributed by atoms with Gasteiger partial charge in [0.2, 0.25) is 11.8 Å². The van der Waals surface area contributed by atoms with Crippen LogP contribution >= 0.6 is 0 Å². The Bertz CT molecular complexity index is 957. The molecule has 0 aliphatic carbocycles. The first-order valence-corrected chi connectivity index (χ1v) is 8.81. The molecule has 28 heavy (non-hydrogen) atoms. The van der Waals surface area contributed by atoms with E-state index in [-0.39, 0.29) is 30.2 Å². The Hall–Kier alpha value is -3.42. The van der Waals surface area contributed by atoms with E-state index in [0.29, 0.717) is 5.75 Å². The minimum atomic E-state index is -0.587. The zero-order chi connectivity index (χ0) is 20.4. The molecule has 1 N–H and O–H groups in total. The number of hydrogen-bond donors (Lipinski definition) is 1. The molecular weight excluding hydrogens is 362 g/mol. The van der Waals surface area contributed by atoms with Gasteiger partial charge >= 0.3 is 0 Å². The lowest BCUT2D eigenvalue weighted by molar-refractivity contribution is -0.384. The third-order valence-electron chi connectivity index (χ3n) is 4.96. The number of methoxy groups -OCH3 is 1. The topological polar surface area (TPSA) is 102 Å². The van der Waals surface area contributed by atoms with Gasteiger partial charge in [-0.15, -0.1) is 0 Å². The van der Waals surface area contributed by atoms with Gasteiger partial charge in [-0.1, -0.05) is 6.07 Å². The molecule has 0 bridgehead atoms. The van der Waals surface area contributed by atoms with Gasteiger partial charge in [-0.25, -0.2) is 0 Å². The summed E-state index contributed by atoms with van der Waals surface area (Å²) in [7, 11) is 1.41. The largest absolute Gasteiger partial charge is 0.496 e. The lowest BCUT2D eigenvalue weighted by Crippen LogP contribution is -2.28. The predicted octanol–water partition coefficient (Wildman–Crippen LogP) is 3.21. The van der Waals surface area contributed by atoms with Crippen molar-refractivity contribution in [2.24, 2.45) is 5.92 Å². The van der Waals surface area contributed by atoms with Crippen molar-refractivity contribution in [1.82, 2.24) is 0 Å². The second-order valence-electron chi connectivity index (χ2n) is 6.80. The fourth-order valence-corrected chi connectivity index (χ4v) is 3.16. The summed E-state index contributed by atoms with van der Waals surface area (Å²) in [5, 5.41) is 13.9. The number of ether oxygens (including phenoxy) is 1. The van der Waals surface area contributed by atoms with Crippen LogP contribution in [0.5, 0.6) is 5.75 Å². The van der Waals surface area contributed by atoms with Crippen molar-refractivity contribution < 1.29 is 19.2 Å².